The van der Waals surface area contributed by atoms with Crippen molar-refractivity contribution in [1.29, 1.82) is 0 Å². The maximum Gasteiger partial charge on any atom is 0.307 e. The second-order valence-electron chi connectivity index (χ2n) is 2.39. The fourth-order valence-corrected chi connectivity index (χ4v) is 1.86. The molecule has 0 atom stereocenters. The molecule has 5 heteroatoms. The first-order chi connectivity index (χ1) is 5.77. The lowest BCUT2D eigenvalue weighted by molar-refractivity contribution is -0.136. The van der Waals surface area contributed by atoms with Crippen molar-refractivity contribution < 1.29 is 9.90 Å². The molecular weight excluding hydrogens is 176 g/mol. The number of hydrogen-bond acceptors (Lipinski definition) is 3. The van der Waals surface area contributed by atoms with Crippen LogP contribution in [-0.4, -0.2) is 20.7 Å². The van der Waals surface area contributed by atoms with Gasteiger partial charge in [0, 0.05) is 17.1 Å². The number of carbonyl (C=O) groups is 1. The summed E-state index contributed by atoms with van der Waals surface area (Å²) in [7, 11) is 0. The molecule has 0 unspecified atom stereocenters. The van der Waals surface area contributed by atoms with Gasteiger partial charge in [0.15, 0.2) is 0 Å². The van der Waals surface area contributed by atoms with Crippen molar-refractivity contribution in [3.63, 3.8) is 0 Å². The smallest absolute Gasteiger partial charge is 0.307 e. The van der Waals surface area contributed by atoms with Crippen LogP contribution in [0.3, 0.4) is 0 Å². The zero-order valence-electron chi connectivity index (χ0n) is 6.10. The normalized spacial score (nSPS) is 10.7. The van der Waals surface area contributed by atoms with E-state index in [9.17, 15) is 4.79 Å². The minimum absolute atomic E-state index is 0.0456. The summed E-state index contributed by atoms with van der Waals surface area (Å²) in [6.07, 6.45) is 3.45. The number of carboxylic acids is 1. The average molecular weight is 182 g/mol. The summed E-state index contributed by atoms with van der Waals surface area (Å²) >= 11 is 1.50. The molecule has 0 fully saturated rings. The van der Waals surface area contributed by atoms with Crippen LogP contribution < -0.4 is 0 Å². The molecule has 0 amide bonds. The molecule has 0 aliphatic heterocycles. The molecule has 4 nitrogen and oxygen atoms in total. The summed E-state index contributed by atoms with van der Waals surface area (Å²) in [6.45, 7) is 0. The molecule has 0 saturated carbocycles. The summed E-state index contributed by atoms with van der Waals surface area (Å²) in [5, 5.41) is 14.4. The van der Waals surface area contributed by atoms with Crippen molar-refractivity contribution in [2.75, 3.05) is 0 Å². The summed E-state index contributed by atoms with van der Waals surface area (Å²) in [6, 6.07) is 0. The largest absolute Gasteiger partial charge is 0.481 e. The predicted molar refractivity (Wildman–Crippen MR) is 44.4 cm³/mol. The molecule has 12 heavy (non-hydrogen) atoms. The van der Waals surface area contributed by atoms with Crippen LogP contribution in [0.2, 0.25) is 0 Å². The van der Waals surface area contributed by atoms with Crippen molar-refractivity contribution in [2.45, 2.75) is 6.42 Å². The van der Waals surface area contributed by atoms with Crippen molar-refractivity contribution in [3.05, 3.63) is 23.3 Å². The highest BCUT2D eigenvalue weighted by atomic mass is 32.1. The minimum atomic E-state index is -0.821. The van der Waals surface area contributed by atoms with Gasteiger partial charge in [0.25, 0.3) is 0 Å². The van der Waals surface area contributed by atoms with Gasteiger partial charge in [0.2, 0.25) is 0 Å². The predicted octanol–water partition coefficient (Wildman–Crippen LogP) is 1.02. The molecule has 2 heterocycles. The Morgan fingerprint density at radius 3 is 3.33 bits per heavy atom. The fourth-order valence-electron chi connectivity index (χ4n) is 1.06. The second-order valence-corrected chi connectivity index (χ2v) is 3.29. The Morgan fingerprint density at radius 2 is 2.58 bits per heavy atom. The van der Waals surface area contributed by atoms with Gasteiger partial charge in [-0.25, -0.2) is 4.52 Å². The Labute approximate surface area is 72.1 Å². The highest BCUT2D eigenvalue weighted by molar-refractivity contribution is 7.15. The number of aromatic nitrogens is 2. The van der Waals surface area contributed by atoms with Gasteiger partial charge in [-0.3, -0.25) is 4.79 Å². The Kier molecular flexibility index (Phi) is 1.58. The van der Waals surface area contributed by atoms with Crippen LogP contribution in [0.1, 0.15) is 5.56 Å². The van der Waals surface area contributed by atoms with E-state index in [1.807, 2.05) is 11.6 Å². The molecule has 0 saturated heterocycles. The Hall–Kier alpha value is -1.36. The van der Waals surface area contributed by atoms with Crippen LogP contribution in [-0.2, 0) is 11.2 Å². The zero-order chi connectivity index (χ0) is 8.55. The molecule has 2 aromatic heterocycles. The molecule has 0 spiro atoms. The maximum absolute atomic E-state index is 10.4. The number of fused-ring (bicyclic) bond motifs is 1. The van der Waals surface area contributed by atoms with E-state index in [4.69, 9.17) is 5.11 Å². The van der Waals surface area contributed by atoms with Gasteiger partial charge in [0.1, 0.15) is 4.83 Å². The first kappa shape index (κ1) is 7.30. The zero-order valence-corrected chi connectivity index (χ0v) is 6.91. The van der Waals surface area contributed by atoms with E-state index in [-0.39, 0.29) is 6.42 Å². The van der Waals surface area contributed by atoms with Gasteiger partial charge in [-0.2, -0.15) is 5.10 Å². The van der Waals surface area contributed by atoms with Gasteiger partial charge >= 0.3 is 5.97 Å². The number of aliphatic carboxylic acids is 1. The molecule has 0 aliphatic carbocycles. The molecule has 2 rings (SSSR count). The molecule has 0 bridgehead atoms. The standard InChI is InChI=1S/C7H6N2O2S/c10-6(11)3-5-4-8-9-1-2-12-7(5)9/h1-2,4H,3H2,(H,10,11). The Morgan fingerprint density at radius 1 is 1.75 bits per heavy atom. The second kappa shape index (κ2) is 2.60. The SMILES string of the molecule is O=C(O)Cc1cnn2ccsc12. The van der Waals surface area contributed by atoms with E-state index in [1.54, 1.807) is 10.7 Å². The third-order valence-corrected chi connectivity index (χ3v) is 2.47. The monoisotopic (exact) mass is 182 g/mol. The number of hydrogen-bond donors (Lipinski definition) is 1. The third-order valence-electron chi connectivity index (χ3n) is 1.54. The highest BCUT2D eigenvalue weighted by Crippen LogP contribution is 2.16. The fraction of sp³-hybridized carbons (Fsp3) is 0.143. The lowest BCUT2D eigenvalue weighted by Crippen LogP contribution is -1.98. The van der Waals surface area contributed by atoms with E-state index in [1.165, 1.54) is 11.3 Å². The molecule has 0 aliphatic rings. The first-order valence-electron chi connectivity index (χ1n) is 3.39. The van der Waals surface area contributed by atoms with Crippen LogP contribution in [0, 0.1) is 0 Å². The molecule has 0 radical (unpaired) electrons. The Balaban J connectivity index is 2.47. The molecule has 1 N–H and O–H groups in total. The van der Waals surface area contributed by atoms with Crippen LogP contribution in [0.25, 0.3) is 4.83 Å². The van der Waals surface area contributed by atoms with Crippen molar-refractivity contribution in [2.24, 2.45) is 0 Å². The summed E-state index contributed by atoms with van der Waals surface area (Å²) in [5.41, 5.74) is 0.775. The van der Waals surface area contributed by atoms with Gasteiger partial charge in [-0.15, -0.1) is 11.3 Å². The Bertz CT molecular complexity index is 418. The molecule has 0 aromatic carbocycles. The van der Waals surface area contributed by atoms with Gasteiger partial charge in [-0.1, -0.05) is 0 Å². The third kappa shape index (κ3) is 1.08. The van der Waals surface area contributed by atoms with E-state index >= 15 is 0 Å². The minimum Gasteiger partial charge on any atom is -0.481 e. The molecule has 62 valence electrons. The maximum atomic E-state index is 10.4. The van der Waals surface area contributed by atoms with Gasteiger partial charge < -0.3 is 5.11 Å². The summed E-state index contributed by atoms with van der Waals surface area (Å²) < 4.78 is 1.68. The number of carboxylic acid groups (broad SMARTS) is 1. The van der Waals surface area contributed by atoms with Gasteiger partial charge in [0.05, 0.1) is 12.6 Å². The van der Waals surface area contributed by atoms with Gasteiger partial charge in [-0.05, 0) is 0 Å². The number of nitrogens with zero attached hydrogens (tertiary/aromatic N) is 2. The molecular formula is C7H6N2O2S. The van der Waals surface area contributed by atoms with Crippen LogP contribution >= 0.6 is 11.3 Å². The van der Waals surface area contributed by atoms with E-state index in [2.05, 4.69) is 5.10 Å². The van der Waals surface area contributed by atoms with E-state index in [0.29, 0.717) is 0 Å². The summed E-state index contributed by atoms with van der Waals surface area (Å²) in [4.78, 5) is 11.3. The lowest BCUT2D eigenvalue weighted by Gasteiger charge is -1.87. The number of rotatable bonds is 2. The van der Waals surface area contributed by atoms with E-state index in [0.717, 1.165) is 10.4 Å². The first-order valence-corrected chi connectivity index (χ1v) is 4.27. The van der Waals surface area contributed by atoms with Crippen LogP contribution in [0.4, 0.5) is 0 Å². The van der Waals surface area contributed by atoms with Crippen molar-refractivity contribution in [1.82, 2.24) is 9.61 Å². The van der Waals surface area contributed by atoms with Crippen LogP contribution in [0.15, 0.2) is 17.8 Å². The summed E-state index contributed by atoms with van der Waals surface area (Å²) in [5.74, 6) is -0.821. The van der Waals surface area contributed by atoms with E-state index < -0.39 is 5.97 Å². The average Bonchev–Trinajstić information content (AvgIpc) is 2.52. The molecule has 2 aromatic rings. The highest BCUT2D eigenvalue weighted by Gasteiger charge is 2.07. The van der Waals surface area contributed by atoms with Crippen molar-refractivity contribution >= 4 is 22.1 Å². The number of thiazole rings is 1. The lowest BCUT2D eigenvalue weighted by atomic mass is 10.3. The van der Waals surface area contributed by atoms with Crippen LogP contribution in [0.5, 0.6) is 0 Å². The van der Waals surface area contributed by atoms with Crippen molar-refractivity contribution in [3.8, 4) is 0 Å². The topological polar surface area (TPSA) is 54.6 Å². The quantitative estimate of drug-likeness (QED) is 0.754.